The first-order valence-corrected chi connectivity index (χ1v) is 11.2. The number of hydrogen-bond donors (Lipinski definition) is 1. The highest BCUT2D eigenvalue weighted by atomic mass is 16.5. The molecule has 0 spiro atoms. The molecule has 1 N–H and O–H groups in total. The van der Waals surface area contributed by atoms with Crippen LogP contribution in [0.15, 0.2) is 28.8 Å². The van der Waals surface area contributed by atoms with E-state index in [9.17, 15) is 9.59 Å². The number of rotatable bonds is 9. The molecule has 168 valence electrons. The Bertz CT molecular complexity index is 854. The fourth-order valence-corrected chi connectivity index (χ4v) is 3.54. The quantitative estimate of drug-likeness (QED) is 0.661. The lowest BCUT2D eigenvalue weighted by molar-refractivity contribution is -0.133. The lowest BCUT2D eigenvalue weighted by atomic mass is 10.0. The van der Waals surface area contributed by atoms with Crippen LogP contribution in [0.2, 0.25) is 0 Å². The second-order valence-electron chi connectivity index (χ2n) is 8.30. The average molecular weight is 428 g/mol. The maximum atomic E-state index is 12.6. The Morgan fingerprint density at radius 1 is 1.13 bits per heavy atom. The molecule has 1 aromatic carbocycles. The standard InChI is InChI=1S/C23H33N5O3/c1-4-11-24-20(29)16-27-12-14-28(15-13-27)22(30)10-9-21-25-23(26-31-21)19-7-5-18(6-8-19)17(2)3/h5-8,17H,4,9-16H2,1-3H3,(H,24,29). The van der Waals surface area contributed by atoms with Crippen LogP contribution in [0.3, 0.4) is 0 Å². The Balaban J connectivity index is 1.43. The third-order valence-corrected chi connectivity index (χ3v) is 5.52. The van der Waals surface area contributed by atoms with E-state index in [-0.39, 0.29) is 11.8 Å². The van der Waals surface area contributed by atoms with Gasteiger partial charge in [-0.05, 0) is 17.9 Å². The van der Waals surface area contributed by atoms with Crippen molar-refractivity contribution in [1.29, 1.82) is 0 Å². The lowest BCUT2D eigenvalue weighted by Gasteiger charge is -2.34. The molecule has 1 aliphatic rings. The molecular weight excluding hydrogens is 394 g/mol. The first kappa shape index (κ1) is 22.9. The summed E-state index contributed by atoms with van der Waals surface area (Å²) in [6.45, 7) is 10.1. The van der Waals surface area contributed by atoms with E-state index in [2.05, 4.69) is 46.3 Å². The Kier molecular flexibility index (Phi) is 8.17. The van der Waals surface area contributed by atoms with Gasteiger partial charge in [-0.25, -0.2) is 0 Å². The van der Waals surface area contributed by atoms with E-state index in [4.69, 9.17) is 4.52 Å². The van der Waals surface area contributed by atoms with Crippen molar-refractivity contribution in [1.82, 2.24) is 25.3 Å². The summed E-state index contributed by atoms with van der Waals surface area (Å²) in [4.78, 5) is 32.8. The first-order valence-electron chi connectivity index (χ1n) is 11.2. The van der Waals surface area contributed by atoms with Gasteiger partial charge >= 0.3 is 0 Å². The van der Waals surface area contributed by atoms with Crippen LogP contribution in [-0.2, 0) is 16.0 Å². The smallest absolute Gasteiger partial charge is 0.234 e. The summed E-state index contributed by atoms with van der Waals surface area (Å²) in [7, 11) is 0. The number of nitrogens with one attached hydrogen (secondary N) is 1. The van der Waals surface area contributed by atoms with Crippen molar-refractivity contribution in [3.63, 3.8) is 0 Å². The highest BCUT2D eigenvalue weighted by molar-refractivity contribution is 5.78. The molecule has 31 heavy (non-hydrogen) atoms. The summed E-state index contributed by atoms with van der Waals surface area (Å²) in [5.74, 6) is 1.62. The zero-order valence-electron chi connectivity index (χ0n) is 18.8. The molecule has 1 aliphatic heterocycles. The predicted molar refractivity (Wildman–Crippen MR) is 118 cm³/mol. The van der Waals surface area contributed by atoms with Gasteiger partial charge in [-0.3, -0.25) is 14.5 Å². The molecule has 0 aliphatic carbocycles. The van der Waals surface area contributed by atoms with Crippen molar-refractivity contribution in [3.05, 3.63) is 35.7 Å². The van der Waals surface area contributed by atoms with Crippen LogP contribution < -0.4 is 5.32 Å². The molecule has 2 amide bonds. The van der Waals surface area contributed by atoms with Crippen molar-refractivity contribution >= 4 is 11.8 Å². The van der Waals surface area contributed by atoms with Crippen LogP contribution in [0.5, 0.6) is 0 Å². The van der Waals surface area contributed by atoms with E-state index >= 15 is 0 Å². The molecule has 2 heterocycles. The van der Waals surface area contributed by atoms with Crippen molar-refractivity contribution in [2.45, 2.75) is 46.0 Å². The fraction of sp³-hybridized carbons (Fsp3) is 0.565. The molecule has 0 atom stereocenters. The Labute approximate surface area is 184 Å². The third kappa shape index (κ3) is 6.62. The second-order valence-corrected chi connectivity index (χ2v) is 8.30. The predicted octanol–water partition coefficient (Wildman–Crippen LogP) is 2.46. The Morgan fingerprint density at radius 2 is 1.84 bits per heavy atom. The lowest BCUT2D eigenvalue weighted by Crippen LogP contribution is -2.51. The number of aryl methyl sites for hydroxylation is 1. The van der Waals surface area contributed by atoms with Gasteiger partial charge in [-0.2, -0.15) is 4.98 Å². The van der Waals surface area contributed by atoms with Crippen LogP contribution >= 0.6 is 0 Å². The van der Waals surface area contributed by atoms with Gasteiger partial charge in [-0.1, -0.05) is 50.2 Å². The van der Waals surface area contributed by atoms with E-state index in [1.807, 2.05) is 24.0 Å². The zero-order chi connectivity index (χ0) is 22.2. The minimum absolute atomic E-state index is 0.0488. The number of benzene rings is 1. The number of carbonyl (C=O) groups excluding carboxylic acids is 2. The molecule has 3 rings (SSSR count). The molecule has 1 saturated heterocycles. The minimum Gasteiger partial charge on any atom is -0.355 e. The number of hydrogen-bond acceptors (Lipinski definition) is 6. The van der Waals surface area contributed by atoms with Gasteiger partial charge in [0.1, 0.15) is 0 Å². The maximum absolute atomic E-state index is 12.6. The van der Waals surface area contributed by atoms with Crippen LogP contribution in [0.25, 0.3) is 11.4 Å². The molecule has 0 saturated carbocycles. The average Bonchev–Trinajstić information content (AvgIpc) is 3.25. The summed E-state index contributed by atoms with van der Waals surface area (Å²) in [6.07, 6.45) is 1.69. The van der Waals surface area contributed by atoms with Crippen molar-refractivity contribution < 1.29 is 14.1 Å². The van der Waals surface area contributed by atoms with Crippen LogP contribution in [0, 0.1) is 0 Å². The van der Waals surface area contributed by atoms with Gasteiger partial charge in [-0.15, -0.1) is 0 Å². The highest BCUT2D eigenvalue weighted by Crippen LogP contribution is 2.21. The first-order chi connectivity index (χ1) is 15.0. The van der Waals surface area contributed by atoms with E-state index in [1.165, 1.54) is 5.56 Å². The monoisotopic (exact) mass is 427 g/mol. The van der Waals surface area contributed by atoms with Gasteiger partial charge in [0.05, 0.1) is 6.54 Å². The summed E-state index contributed by atoms with van der Waals surface area (Å²) in [5.41, 5.74) is 2.17. The number of nitrogens with zero attached hydrogens (tertiary/aromatic N) is 4. The maximum Gasteiger partial charge on any atom is 0.234 e. The van der Waals surface area contributed by atoms with Gasteiger partial charge in [0.2, 0.25) is 23.5 Å². The van der Waals surface area contributed by atoms with Gasteiger partial charge in [0.15, 0.2) is 0 Å². The molecule has 8 nitrogen and oxygen atoms in total. The molecular formula is C23H33N5O3. The molecule has 0 unspecified atom stereocenters. The molecule has 1 fully saturated rings. The largest absolute Gasteiger partial charge is 0.355 e. The van der Waals surface area contributed by atoms with Crippen LogP contribution in [0.4, 0.5) is 0 Å². The van der Waals surface area contributed by atoms with Crippen LogP contribution in [-0.4, -0.2) is 71.0 Å². The van der Waals surface area contributed by atoms with Crippen molar-refractivity contribution in [2.75, 3.05) is 39.3 Å². The van der Waals surface area contributed by atoms with E-state index in [0.717, 1.165) is 12.0 Å². The summed E-state index contributed by atoms with van der Waals surface area (Å²) in [6, 6.07) is 8.15. The third-order valence-electron chi connectivity index (χ3n) is 5.52. The zero-order valence-corrected chi connectivity index (χ0v) is 18.8. The summed E-state index contributed by atoms with van der Waals surface area (Å²) < 4.78 is 5.34. The molecule has 8 heteroatoms. The minimum atomic E-state index is 0.0488. The Morgan fingerprint density at radius 3 is 2.48 bits per heavy atom. The molecule has 1 aromatic heterocycles. The van der Waals surface area contributed by atoms with E-state index in [1.54, 1.807) is 0 Å². The summed E-state index contributed by atoms with van der Waals surface area (Å²) >= 11 is 0. The number of carbonyl (C=O) groups is 2. The van der Waals surface area contributed by atoms with Gasteiger partial charge in [0, 0.05) is 51.1 Å². The van der Waals surface area contributed by atoms with E-state index in [0.29, 0.717) is 69.7 Å². The van der Waals surface area contributed by atoms with Gasteiger partial charge < -0.3 is 14.7 Å². The topological polar surface area (TPSA) is 91.6 Å². The molecule has 0 bridgehead atoms. The number of amides is 2. The SMILES string of the molecule is CCCNC(=O)CN1CCN(C(=O)CCc2nc(-c3ccc(C(C)C)cc3)no2)CC1. The van der Waals surface area contributed by atoms with Crippen molar-refractivity contribution in [3.8, 4) is 11.4 Å². The summed E-state index contributed by atoms with van der Waals surface area (Å²) in [5, 5.41) is 6.94. The van der Waals surface area contributed by atoms with E-state index < -0.39 is 0 Å². The van der Waals surface area contributed by atoms with Gasteiger partial charge in [0.25, 0.3) is 0 Å². The second kappa shape index (κ2) is 11.0. The van der Waals surface area contributed by atoms with Crippen molar-refractivity contribution in [2.24, 2.45) is 0 Å². The normalized spacial score (nSPS) is 14.8. The molecule has 2 aromatic rings. The number of piperazine rings is 1. The Hall–Kier alpha value is -2.74. The van der Waals surface area contributed by atoms with Crippen LogP contribution in [0.1, 0.15) is 51.0 Å². The molecule has 0 radical (unpaired) electrons. The highest BCUT2D eigenvalue weighted by Gasteiger charge is 2.22. The number of aromatic nitrogens is 2. The fourth-order valence-electron chi connectivity index (χ4n) is 3.54.